The van der Waals surface area contributed by atoms with E-state index in [-0.39, 0.29) is 4.72 Å². The maximum absolute atomic E-state index is 12.2. The molecule has 0 aromatic heterocycles. The summed E-state index contributed by atoms with van der Waals surface area (Å²) in [5.41, 5.74) is 0. The standard InChI is InChI=1S/C5H7F5N2O2S/c1-2-3-11-15(13,14)12-5(9,10)4(6,7)8/h2,11-12H,1,3H2. The van der Waals surface area contributed by atoms with Gasteiger partial charge in [0.2, 0.25) is 0 Å². The number of hydrogen-bond donors (Lipinski definition) is 2. The van der Waals surface area contributed by atoms with Gasteiger partial charge in [-0.2, -0.15) is 35.1 Å². The van der Waals surface area contributed by atoms with E-state index >= 15 is 0 Å². The molecule has 0 aromatic rings. The van der Waals surface area contributed by atoms with Gasteiger partial charge in [-0.25, -0.2) is 0 Å². The van der Waals surface area contributed by atoms with Crippen LogP contribution in [0.2, 0.25) is 0 Å². The molecule has 0 unspecified atom stereocenters. The van der Waals surface area contributed by atoms with Gasteiger partial charge in [-0.05, 0) is 0 Å². The SMILES string of the molecule is C=CCNS(=O)(=O)NC(F)(F)C(F)(F)F. The summed E-state index contributed by atoms with van der Waals surface area (Å²) in [4.78, 5) is 0. The average Bonchev–Trinajstić information content (AvgIpc) is 1.96. The van der Waals surface area contributed by atoms with Gasteiger partial charge in [0.05, 0.1) is 0 Å². The van der Waals surface area contributed by atoms with Crippen LogP contribution in [0.25, 0.3) is 0 Å². The first-order valence-electron chi connectivity index (χ1n) is 3.36. The van der Waals surface area contributed by atoms with Crippen LogP contribution in [0.1, 0.15) is 0 Å². The Morgan fingerprint density at radius 1 is 1.20 bits per heavy atom. The second-order valence-corrected chi connectivity index (χ2v) is 3.81. The van der Waals surface area contributed by atoms with Crippen LogP contribution in [-0.4, -0.2) is 27.2 Å². The lowest BCUT2D eigenvalue weighted by Gasteiger charge is -2.20. The Hall–Kier alpha value is -0.740. The van der Waals surface area contributed by atoms with Gasteiger partial charge < -0.3 is 0 Å². The van der Waals surface area contributed by atoms with Gasteiger partial charge in [0.15, 0.2) is 0 Å². The van der Waals surface area contributed by atoms with Gasteiger partial charge in [0, 0.05) is 6.54 Å². The molecule has 0 aromatic carbocycles. The van der Waals surface area contributed by atoms with E-state index in [0.717, 1.165) is 6.08 Å². The first-order valence-corrected chi connectivity index (χ1v) is 4.84. The quantitative estimate of drug-likeness (QED) is 0.432. The third kappa shape index (κ3) is 4.53. The molecular formula is C5H7F5N2O2S. The first kappa shape index (κ1) is 14.3. The van der Waals surface area contributed by atoms with Crippen molar-refractivity contribution >= 4 is 10.2 Å². The van der Waals surface area contributed by atoms with E-state index in [1.165, 1.54) is 4.72 Å². The predicted molar refractivity (Wildman–Crippen MR) is 41.3 cm³/mol. The molecule has 0 atom stereocenters. The van der Waals surface area contributed by atoms with Crippen LogP contribution in [-0.2, 0) is 10.2 Å². The van der Waals surface area contributed by atoms with Crippen molar-refractivity contribution in [3.63, 3.8) is 0 Å². The summed E-state index contributed by atoms with van der Waals surface area (Å²) >= 11 is 0. The average molecular weight is 254 g/mol. The van der Waals surface area contributed by atoms with E-state index in [1.54, 1.807) is 0 Å². The lowest BCUT2D eigenvalue weighted by Crippen LogP contribution is -2.55. The van der Waals surface area contributed by atoms with E-state index < -0.39 is 29.0 Å². The van der Waals surface area contributed by atoms with Gasteiger partial charge in [0.1, 0.15) is 0 Å². The van der Waals surface area contributed by atoms with Gasteiger partial charge >= 0.3 is 12.2 Å². The molecule has 0 saturated carbocycles. The van der Waals surface area contributed by atoms with Crippen LogP contribution < -0.4 is 9.44 Å². The minimum Gasteiger partial charge on any atom is -0.198 e. The fourth-order valence-electron chi connectivity index (χ4n) is 0.431. The second-order valence-electron chi connectivity index (χ2n) is 2.31. The number of halogens is 5. The summed E-state index contributed by atoms with van der Waals surface area (Å²) in [5.74, 6) is 0. The highest BCUT2D eigenvalue weighted by atomic mass is 32.2. The van der Waals surface area contributed by atoms with Crippen molar-refractivity contribution in [1.82, 2.24) is 9.44 Å². The van der Waals surface area contributed by atoms with Gasteiger partial charge in [0.25, 0.3) is 10.2 Å². The molecule has 0 aliphatic heterocycles. The fourth-order valence-corrected chi connectivity index (χ4v) is 1.29. The maximum atomic E-state index is 12.2. The molecule has 0 rings (SSSR count). The number of rotatable bonds is 5. The summed E-state index contributed by atoms with van der Waals surface area (Å²) in [5, 5.41) is 0. The van der Waals surface area contributed by atoms with Crippen molar-refractivity contribution in [3.8, 4) is 0 Å². The summed E-state index contributed by atoms with van der Waals surface area (Å²) < 4.78 is 81.8. The number of alkyl halides is 5. The van der Waals surface area contributed by atoms with Crippen molar-refractivity contribution in [3.05, 3.63) is 12.7 Å². The number of hydrogen-bond acceptors (Lipinski definition) is 2. The normalized spacial score (nSPS) is 13.9. The molecule has 0 saturated heterocycles. The highest BCUT2D eigenvalue weighted by molar-refractivity contribution is 7.87. The Labute approximate surface area is 82.3 Å². The van der Waals surface area contributed by atoms with Crippen molar-refractivity contribution in [2.75, 3.05) is 6.54 Å². The van der Waals surface area contributed by atoms with Crippen LogP contribution in [0.15, 0.2) is 12.7 Å². The zero-order chi connectivity index (χ0) is 12.3. The Morgan fingerprint density at radius 3 is 2.00 bits per heavy atom. The van der Waals surface area contributed by atoms with Crippen molar-refractivity contribution < 1.29 is 30.4 Å². The van der Waals surface area contributed by atoms with Crippen LogP contribution in [0.4, 0.5) is 22.0 Å². The van der Waals surface area contributed by atoms with Crippen LogP contribution in [0, 0.1) is 0 Å². The molecule has 4 nitrogen and oxygen atoms in total. The molecule has 2 N–H and O–H groups in total. The van der Waals surface area contributed by atoms with Crippen molar-refractivity contribution in [2.45, 2.75) is 12.2 Å². The number of nitrogens with one attached hydrogen (secondary N) is 2. The zero-order valence-corrected chi connectivity index (χ0v) is 7.92. The summed E-state index contributed by atoms with van der Waals surface area (Å²) in [6.07, 6.45) is -5.01. The fraction of sp³-hybridized carbons (Fsp3) is 0.600. The molecule has 0 radical (unpaired) electrons. The van der Waals surface area contributed by atoms with E-state index in [0.29, 0.717) is 0 Å². The minimum atomic E-state index is -5.99. The Morgan fingerprint density at radius 2 is 1.67 bits per heavy atom. The van der Waals surface area contributed by atoms with E-state index in [1.807, 2.05) is 0 Å². The predicted octanol–water partition coefficient (Wildman–Crippen LogP) is 0.752. The van der Waals surface area contributed by atoms with E-state index in [9.17, 15) is 30.4 Å². The highest BCUT2D eigenvalue weighted by Crippen LogP contribution is 2.33. The summed E-state index contributed by atoms with van der Waals surface area (Å²) in [7, 11) is -4.93. The van der Waals surface area contributed by atoms with E-state index in [4.69, 9.17) is 0 Å². The third-order valence-corrected chi connectivity index (χ3v) is 2.11. The lowest BCUT2D eigenvalue weighted by molar-refractivity contribution is -0.286. The second kappa shape index (κ2) is 4.41. The van der Waals surface area contributed by atoms with Crippen molar-refractivity contribution in [2.24, 2.45) is 0 Å². The molecule has 0 aliphatic carbocycles. The Bertz CT molecular complexity index is 323. The van der Waals surface area contributed by atoms with Crippen LogP contribution in [0.5, 0.6) is 0 Å². The molecule has 0 bridgehead atoms. The topological polar surface area (TPSA) is 58.2 Å². The smallest absolute Gasteiger partial charge is 0.198 e. The molecule has 0 fully saturated rings. The minimum absolute atomic E-state index is 0.162. The van der Waals surface area contributed by atoms with E-state index in [2.05, 4.69) is 6.58 Å². The molecule has 0 amide bonds. The summed E-state index contributed by atoms with van der Waals surface area (Å²) in [6, 6.07) is -5.51. The molecule has 10 heteroatoms. The molecule has 0 spiro atoms. The van der Waals surface area contributed by atoms with Crippen LogP contribution >= 0.6 is 0 Å². The molecular weight excluding hydrogens is 247 g/mol. The zero-order valence-electron chi connectivity index (χ0n) is 7.11. The Balaban J connectivity index is 4.66. The van der Waals surface area contributed by atoms with Gasteiger partial charge in [-0.15, -0.1) is 11.3 Å². The molecule has 15 heavy (non-hydrogen) atoms. The summed E-state index contributed by atoms with van der Waals surface area (Å²) in [6.45, 7) is 2.58. The first-order chi connectivity index (χ1) is 6.52. The highest BCUT2D eigenvalue weighted by Gasteiger charge is 2.59. The lowest BCUT2D eigenvalue weighted by atomic mass is 10.6. The molecule has 90 valence electrons. The third-order valence-electron chi connectivity index (χ3n) is 1.04. The maximum Gasteiger partial charge on any atom is 0.470 e. The molecule has 0 heterocycles. The van der Waals surface area contributed by atoms with Crippen LogP contribution in [0.3, 0.4) is 0 Å². The van der Waals surface area contributed by atoms with Crippen molar-refractivity contribution in [1.29, 1.82) is 0 Å². The van der Waals surface area contributed by atoms with Gasteiger partial charge in [-0.1, -0.05) is 6.08 Å². The largest absolute Gasteiger partial charge is 0.470 e. The monoisotopic (exact) mass is 254 g/mol. The van der Waals surface area contributed by atoms with Gasteiger partial charge in [-0.3, -0.25) is 0 Å². The Kier molecular flexibility index (Phi) is 4.19. The molecule has 0 aliphatic rings.